The number of carbonyl (C=O) groups is 1. The van der Waals surface area contributed by atoms with Crippen molar-refractivity contribution in [3.05, 3.63) is 40.7 Å². The highest BCUT2D eigenvalue weighted by molar-refractivity contribution is 6.30. The first-order valence-corrected chi connectivity index (χ1v) is 8.72. The molecule has 1 aromatic carbocycles. The number of hydrogen-bond donors (Lipinski definition) is 1. The molecule has 1 aliphatic heterocycles. The van der Waals surface area contributed by atoms with Crippen molar-refractivity contribution >= 4 is 17.5 Å². The number of rotatable bonds is 4. The number of imidazole rings is 1. The fraction of sp³-hybridized carbons (Fsp3) is 0.444. The lowest BCUT2D eigenvalue weighted by atomic mass is 10.1. The van der Waals surface area contributed by atoms with E-state index in [1.54, 1.807) is 0 Å². The Bertz CT molecular complexity index is 691. The Morgan fingerprint density at radius 3 is 2.78 bits per heavy atom. The molecule has 2 heterocycles. The van der Waals surface area contributed by atoms with Crippen molar-refractivity contribution in [2.75, 3.05) is 6.54 Å². The summed E-state index contributed by atoms with van der Waals surface area (Å²) in [6, 6.07) is 7.67. The van der Waals surface area contributed by atoms with Crippen LogP contribution in [0.1, 0.15) is 48.8 Å². The molecule has 122 valence electrons. The minimum Gasteiger partial charge on any atom is -0.351 e. The van der Waals surface area contributed by atoms with E-state index in [1.165, 1.54) is 6.42 Å². The van der Waals surface area contributed by atoms with Gasteiger partial charge in [0.1, 0.15) is 11.5 Å². The molecule has 1 aliphatic rings. The first kappa shape index (κ1) is 16.1. The van der Waals surface area contributed by atoms with E-state index in [9.17, 15) is 4.79 Å². The quantitative estimate of drug-likeness (QED) is 0.918. The Balaban J connectivity index is 2.04. The van der Waals surface area contributed by atoms with Gasteiger partial charge >= 0.3 is 0 Å². The molecule has 2 aromatic rings. The summed E-state index contributed by atoms with van der Waals surface area (Å²) in [5.41, 5.74) is 2.67. The Morgan fingerprint density at radius 1 is 1.26 bits per heavy atom. The second-order valence-corrected chi connectivity index (χ2v) is 6.39. The third-order valence-electron chi connectivity index (χ3n) is 4.22. The maximum atomic E-state index is 12.5. The number of amides is 1. The number of nitrogens with zero attached hydrogens (tertiary/aromatic N) is 2. The van der Waals surface area contributed by atoms with Gasteiger partial charge < -0.3 is 9.88 Å². The highest BCUT2D eigenvalue weighted by Gasteiger charge is 2.23. The minimum atomic E-state index is -0.0577. The van der Waals surface area contributed by atoms with E-state index in [2.05, 4.69) is 9.88 Å². The number of halogens is 1. The number of hydrogen-bond acceptors (Lipinski definition) is 2. The first-order valence-electron chi connectivity index (χ1n) is 8.34. The van der Waals surface area contributed by atoms with Gasteiger partial charge in [0.2, 0.25) is 0 Å². The van der Waals surface area contributed by atoms with Gasteiger partial charge in [-0.1, -0.05) is 24.9 Å². The summed E-state index contributed by atoms with van der Waals surface area (Å²) in [6.07, 6.45) is 5.26. The van der Waals surface area contributed by atoms with Crippen LogP contribution in [0.25, 0.3) is 11.4 Å². The van der Waals surface area contributed by atoms with Gasteiger partial charge in [0, 0.05) is 23.7 Å². The van der Waals surface area contributed by atoms with Gasteiger partial charge in [0.15, 0.2) is 0 Å². The van der Waals surface area contributed by atoms with Crippen LogP contribution < -0.4 is 5.32 Å². The van der Waals surface area contributed by atoms with Crippen LogP contribution in [0.3, 0.4) is 0 Å². The molecule has 1 N–H and O–H groups in total. The standard InChI is InChI=1S/C18H22ClN3O/c1-2-11-20-18(23)16-15-6-4-3-5-12-22(15)17(21-16)13-7-9-14(19)10-8-13/h7-10H,2-6,11-12H2,1H3,(H,20,23). The van der Waals surface area contributed by atoms with Gasteiger partial charge in [0.25, 0.3) is 5.91 Å². The molecule has 0 atom stereocenters. The minimum absolute atomic E-state index is 0.0577. The van der Waals surface area contributed by atoms with Gasteiger partial charge in [0.05, 0.1) is 5.69 Å². The number of aromatic nitrogens is 2. The molecule has 0 spiro atoms. The lowest BCUT2D eigenvalue weighted by Gasteiger charge is -2.09. The summed E-state index contributed by atoms with van der Waals surface area (Å²) < 4.78 is 2.22. The molecule has 4 nitrogen and oxygen atoms in total. The molecule has 0 radical (unpaired) electrons. The van der Waals surface area contributed by atoms with Crippen LogP contribution >= 0.6 is 11.6 Å². The smallest absolute Gasteiger partial charge is 0.271 e. The summed E-state index contributed by atoms with van der Waals surface area (Å²) in [5.74, 6) is 0.818. The van der Waals surface area contributed by atoms with E-state index < -0.39 is 0 Å². The number of nitrogens with one attached hydrogen (secondary N) is 1. The highest BCUT2D eigenvalue weighted by Crippen LogP contribution is 2.28. The maximum Gasteiger partial charge on any atom is 0.271 e. The van der Waals surface area contributed by atoms with Crippen LogP contribution in [0.2, 0.25) is 5.02 Å². The summed E-state index contributed by atoms with van der Waals surface area (Å²) in [6.45, 7) is 3.65. The molecule has 0 fully saturated rings. The molecule has 1 aromatic heterocycles. The van der Waals surface area contributed by atoms with Crippen LogP contribution in [-0.4, -0.2) is 22.0 Å². The van der Waals surface area contributed by atoms with E-state index in [-0.39, 0.29) is 5.91 Å². The van der Waals surface area contributed by atoms with Crippen molar-refractivity contribution in [1.29, 1.82) is 0 Å². The maximum absolute atomic E-state index is 12.5. The molecule has 5 heteroatoms. The van der Waals surface area contributed by atoms with Gasteiger partial charge in [-0.05, 0) is 49.9 Å². The molecule has 0 aliphatic carbocycles. The Hall–Kier alpha value is -1.81. The van der Waals surface area contributed by atoms with Crippen LogP contribution in [0.5, 0.6) is 0 Å². The SMILES string of the molecule is CCCNC(=O)c1nc(-c2ccc(Cl)cc2)n2c1CCCCC2. The largest absolute Gasteiger partial charge is 0.351 e. The number of carbonyl (C=O) groups excluding carboxylic acids is 1. The predicted octanol–water partition coefficient (Wildman–Crippen LogP) is 4.07. The number of benzene rings is 1. The molecule has 0 saturated heterocycles. The molecule has 23 heavy (non-hydrogen) atoms. The molecule has 3 rings (SSSR count). The van der Waals surface area contributed by atoms with E-state index in [0.717, 1.165) is 49.3 Å². The molecule has 1 amide bonds. The average Bonchev–Trinajstić information content (AvgIpc) is 2.75. The lowest BCUT2D eigenvalue weighted by Crippen LogP contribution is -2.25. The van der Waals surface area contributed by atoms with Crippen LogP contribution in [0, 0.1) is 0 Å². The zero-order chi connectivity index (χ0) is 16.2. The monoisotopic (exact) mass is 331 g/mol. The molecular formula is C18H22ClN3O. The van der Waals surface area contributed by atoms with Crippen molar-refractivity contribution in [2.24, 2.45) is 0 Å². The first-order chi connectivity index (χ1) is 11.2. The average molecular weight is 332 g/mol. The van der Waals surface area contributed by atoms with Crippen LogP contribution in [0.15, 0.2) is 24.3 Å². The van der Waals surface area contributed by atoms with Gasteiger partial charge in [-0.25, -0.2) is 4.98 Å². The fourth-order valence-electron chi connectivity index (χ4n) is 3.04. The van der Waals surface area contributed by atoms with Crippen molar-refractivity contribution in [3.8, 4) is 11.4 Å². The Morgan fingerprint density at radius 2 is 2.04 bits per heavy atom. The fourth-order valence-corrected chi connectivity index (χ4v) is 3.17. The topological polar surface area (TPSA) is 46.9 Å². The lowest BCUT2D eigenvalue weighted by molar-refractivity contribution is 0.0948. The van der Waals surface area contributed by atoms with Crippen molar-refractivity contribution in [1.82, 2.24) is 14.9 Å². The Kier molecular flexibility index (Phi) is 5.01. The van der Waals surface area contributed by atoms with Crippen molar-refractivity contribution < 1.29 is 4.79 Å². The molecule has 0 bridgehead atoms. The summed E-state index contributed by atoms with van der Waals surface area (Å²) in [4.78, 5) is 17.2. The van der Waals surface area contributed by atoms with E-state index in [4.69, 9.17) is 16.6 Å². The molecule has 0 saturated carbocycles. The second-order valence-electron chi connectivity index (χ2n) is 5.96. The van der Waals surface area contributed by atoms with Gasteiger partial charge in [-0.3, -0.25) is 4.79 Å². The highest BCUT2D eigenvalue weighted by atomic mass is 35.5. The van der Waals surface area contributed by atoms with Crippen molar-refractivity contribution in [2.45, 2.75) is 45.6 Å². The molecule has 0 unspecified atom stereocenters. The third-order valence-corrected chi connectivity index (χ3v) is 4.47. The summed E-state index contributed by atoms with van der Waals surface area (Å²) in [5, 5.41) is 3.66. The zero-order valence-corrected chi connectivity index (χ0v) is 14.2. The van der Waals surface area contributed by atoms with Crippen molar-refractivity contribution in [3.63, 3.8) is 0 Å². The normalized spacial score (nSPS) is 14.2. The molecular weight excluding hydrogens is 310 g/mol. The summed E-state index contributed by atoms with van der Waals surface area (Å²) >= 11 is 5.99. The summed E-state index contributed by atoms with van der Waals surface area (Å²) in [7, 11) is 0. The zero-order valence-electron chi connectivity index (χ0n) is 13.4. The van der Waals surface area contributed by atoms with E-state index in [0.29, 0.717) is 17.3 Å². The van der Waals surface area contributed by atoms with Crippen LogP contribution in [-0.2, 0) is 13.0 Å². The van der Waals surface area contributed by atoms with Gasteiger partial charge in [-0.15, -0.1) is 0 Å². The second kappa shape index (κ2) is 7.18. The Labute approximate surface area is 141 Å². The van der Waals surface area contributed by atoms with Gasteiger partial charge in [-0.2, -0.15) is 0 Å². The third kappa shape index (κ3) is 3.42. The predicted molar refractivity (Wildman–Crippen MR) is 92.9 cm³/mol. The van der Waals surface area contributed by atoms with E-state index >= 15 is 0 Å². The van der Waals surface area contributed by atoms with Crippen LogP contribution in [0.4, 0.5) is 0 Å². The van der Waals surface area contributed by atoms with E-state index in [1.807, 2.05) is 31.2 Å². The number of fused-ring (bicyclic) bond motifs is 1.